The smallest absolute Gasteiger partial charge is 0.205 e. The molecule has 1 aliphatic carbocycles. The molecule has 0 bridgehead atoms. The Hall–Kier alpha value is -2.21. The summed E-state index contributed by atoms with van der Waals surface area (Å²) in [6.45, 7) is 1.78. The van der Waals surface area contributed by atoms with Gasteiger partial charge in [-0.05, 0) is 30.0 Å². The molecule has 116 valence electrons. The Morgan fingerprint density at radius 1 is 1.13 bits per heavy atom. The van der Waals surface area contributed by atoms with Crippen molar-refractivity contribution in [1.29, 1.82) is 0 Å². The lowest BCUT2D eigenvalue weighted by atomic mass is 9.96. The lowest BCUT2D eigenvalue weighted by molar-refractivity contribution is 0.486. The van der Waals surface area contributed by atoms with E-state index in [1.807, 2.05) is 23.1 Å². The van der Waals surface area contributed by atoms with E-state index in [-0.39, 0.29) is 6.04 Å². The minimum absolute atomic E-state index is 0.225. The number of hydrogen-bond acceptors (Lipinski definition) is 5. The van der Waals surface area contributed by atoms with Gasteiger partial charge in [-0.25, -0.2) is 4.98 Å². The first-order valence-corrected chi connectivity index (χ1v) is 8.81. The Bertz CT molecular complexity index is 821. The van der Waals surface area contributed by atoms with E-state index in [0.29, 0.717) is 5.92 Å². The van der Waals surface area contributed by atoms with Crippen LogP contribution in [0.4, 0.5) is 5.13 Å². The molecule has 3 heterocycles. The van der Waals surface area contributed by atoms with Crippen LogP contribution in [-0.4, -0.2) is 25.7 Å². The summed E-state index contributed by atoms with van der Waals surface area (Å²) in [5, 5.41) is 5.51. The number of fused-ring (bicyclic) bond motifs is 1. The van der Waals surface area contributed by atoms with Crippen LogP contribution in [0.25, 0.3) is 0 Å². The van der Waals surface area contributed by atoms with E-state index < -0.39 is 0 Å². The fourth-order valence-corrected chi connectivity index (χ4v) is 4.03. The summed E-state index contributed by atoms with van der Waals surface area (Å²) in [6, 6.07) is 10.9. The molecule has 0 amide bonds. The molecule has 3 aromatic rings. The van der Waals surface area contributed by atoms with Crippen molar-refractivity contribution in [3.05, 3.63) is 59.7 Å². The number of anilines is 1. The van der Waals surface area contributed by atoms with Crippen molar-refractivity contribution in [3.63, 3.8) is 0 Å². The second-order valence-electron chi connectivity index (χ2n) is 6.29. The van der Waals surface area contributed by atoms with Crippen LogP contribution in [0.3, 0.4) is 0 Å². The third kappa shape index (κ3) is 2.34. The fourth-order valence-electron chi connectivity index (χ4n) is 3.28. The highest BCUT2D eigenvalue weighted by molar-refractivity contribution is 7.09. The van der Waals surface area contributed by atoms with Gasteiger partial charge in [0.2, 0.25) is 5.13 Å². The van der Waals surface area contributed by atoms with Gasteiger partial charge in [0.15, 0.2) is 0 Å². The molecule has 2 aromatic heterocycles. The Labute approximate surface area is 138 Å². The summed E-state index contributed by atoms with van der Waals surface area (Å²) in [4.78, 5) is 7.13. The quantitative estimate of drug-likeness (QED) is 0.742. The fraction of sp³-hybridized carbons (Fsp3) is 0.353. The monoisotopic (exact) mass is 323 g/mol. The van der Waals surface area contributed by atoms with E-state index in [1.54, 1.807) is 0 Å². The van der Waals surface area contributed by atoms with Crippen molar-refractivity contribution < 1.29 is 0 Å². The summed E-state index contributed by atoms with van der Waals surface area (Å²) in [7, 11) is 0. The van der Waals surface area contributed by atoms with Crippen molar-refractivity contribution >= 4 is 16.7 Å². The first-order chi connectivity index (χ1) is 11.4. The van der Waals surface area contributed by atoms with Gasteiger partial charge in [-0.1, -0.05) is 24.3 Å². The Morgan fingerprint density at radius 2 is 2.04 bits per heavy atom. The van der Waals surface area contributed by atoms with Crippen molar-refractivity contribution in [2.75, 3.05) is 11.4 Å². The standard InChI is InChI=1S/C17H17N5S/c1-2-5-14-13(4-1)10-21(11-15(14)22-9-3-8-18-22)17-19-16(20-23-17)12-6-7-12/h1-5,8-9,12,15H,6-7,10-11H2/t15-/m1/s1. The van der Waals surface area contributed by atoms with Crippen LogP contribution in [0.2, 0.25) is 0 Å². The van der Waals surface area contributed by atoms with Gasteiger partial charge in [0.1, 0.15) is 5.82 Å². The van der Waals surface area contributed by atoms with E-state index in [1.165, 1.54) is 35.5 Å². The van der Waals surface area contributed by atoms with Gasteiger partial charge >= 0.3 is 0 Å². The Kier molecular flexibility index (Phi) is 2.97. The molecule has 2 aliphatic rings. The zero-order chi connectivity index (χ0) is 15.2. The second-order valence-corrected chi connectivity index (χ2v) is 7.02. The summed E-state index contributed by atoms with van der Waals surface area (Å²) in [5.41, 5.74) is 2.71. The highest BCUT2D eigenvalue weighted by atomic mass is 32.1. The van der Waals surface area contributed by atoms with E-state index in [4.69, 9.17) is 4.98 Å². The molecule has 1 saturated carbocycles. The molecular weight excluding hydrogens is 306 g/mol. The van der Waals surface area contributed by atoms with Gasteiger partial charge in [-0.2, -0.15) is 9.47 Å². The molecule has 0 saturated heterocycles. The summed E-state index contributed by atoms with van der Waals surface area (Å²) in [6.07, 6.45) is 6.38. The maximum Gasteiger partial charge on any atom is 0.205 e. The average molecular weight is 323 g/mol. The predicted molar refractivity (Wildman–Crippen MR) is 89.7 cm³/mol. The molecule has 0 spiro atoms. The van der Waals surface area contributed by atoms with E-state index in [0.717, 1.165) is 24.0 Å². The molecular formula is C17H17N5S. The first kappa shape index (κ1) is 13.2. The molecule has 1 aliphatic heterocycles. The van der Waals surface area contributed by atoms with Crippen LogP contribution in [0, 0.1) is 0 Å². The molecule has 6 heteroatoms. The van der Waals surface area contributed by atoms with E-state index >= 15 is 0 Å². The SMILES string of the molecule is c1ccc2c(c1)CN(c1nc(C3CC3)ns1)C[C@H]2n1cccn1. The van der Waals surface area contributed by atoms with Gasteiger partial charge in [-0.15, -0.1) is 0 Å². The van der Waals surface area contributed by atoms with Crippen LogP contribution in [0.5, 0.6) is 0 Å². The summed E-state index contributed by atoms with van der Waals surface area (Å²) >= 11 is 1.53. The van der Waals surface area contributed by atoms with Crippen LogP contribution in [0.15, 0.2) is 42.7 Å². The topological polar surface area (TPSA) is 46.8 Å². The van der Waals surface area contributed by atoms with Gasteiger partial charge in [0.25, 0.3) is 0 Å². The van der Waals surface area contributed by atoms with Crippen molar-refractivity contribution in [2.24, 2.45) is 0 Å². The van der Waals surface area contributed by atoms with Crippen molar-refractivity contribution in [3.8, 4) is 0 Å². The second kappa shape index (κ2) is 5.16. The number of rotatable bonds is 3. The average Bonchev–Trinajstić information content (AvgIpc) is 3.11. The Morgan fingerprint density at radius 3 is 2.87 bits per heavy atom. The van der Waals surface area contributed by atoms with Crippen molar-refractivity contribution in [1.82, 2.24) is 19.1 Å². The normalized spacial score (nSPS) is 20.5. The molecule has 5 nitrogen and oxygen atoms in total. The molecule has 1 fully saturated rings. The van der Waals surface area contributed by atoms with Crippen LogP contribution < -0.4 is 4.90 Å². The van der Waals surface area contributed by atoms with Gasteiger partial charge < -0.3 is 4.90 Å². The Balaban J connectivity index is 1.52. The first-order valence-electron chi connectivity index (χ1n) is 8.04. The largest absolute Gasteiger partial charge is 0.340 e. The molecule has 0 N–H and O–H groups in total. The molecule has 1 atom stereocenters. The summed E-state index contributed by atoms with van der Waals surface area (Å²) < 4.78 is 6.61. The third-order valence-electron chi connectivity index (χ3n) is 4.66. The summed E-state index contributed by atoms with van der Waals surface area (Å²) in [5.74, 6) is 1.65. The minimum atomic E-state index is 0.225. The molecule has 0 unspecified atom stereocenters. The zero-order valence-corrected chi connectivity index (χ0v) is 13.5. The predicted octanol–water partition coefficient (Wildman–Crippen LogP) is 3.22. The lowest BCUT2D eigenvalue weighted by Crippen LogP contribution is -2.36. The molecule has 23 heavy (non-hydrogen) atoms. The van der Waals surface area contributed by atoms with Gasteiger partial charge in [0, 0.05) is 42.9 Å². The minimum Gasteiger partial charge on any atom is -0.340 e. The third-order valence-corrected chi connectivity index (χ3v) is 5.45. The number of benzene rings is 1. The van der Waals surface area contributed by atoms with Crippen LogP contribution in [-0.2, 0) is 6.54 Å². The van der Waals surface area contributed by atoms with Crippen molar-refractivity contribution in [2.45, 2.75) is 31.3 Å². The highest BCUT2D eigenvalue weighted by Gasteiger charge is 2.31. The zero-order valence-electron chi connectivity index (χ0n) is 12.7. The van der Waals surface area contributed by atoms with Gasteiger partial charge in [-0.3, -0.25) is 4.68 Å². The van der Waals surface area contributed by atoms with Crippen LogP contribution >= 0.6 is 11.5 Å². The van der Waals surface area contributed by atoms with Gasteiger partial charge in [0.05, 0.1) is 6.04 Å². The van der Waals surface area contributed by atoms with E-state index in [9.17, 15) is 0 Å². The number of nitrogens with zero attached hydrogens (tertiary/aromatic N) is 5. The molecule has 1 aromatic carbocycles. The number of aromatic nitrogens is 4. The van der Waals surface area contributed by atoms with E-state index in [2.05, 4.69) is 38.6 Å². The highest BCUT2D eigenvalue weighted by Crippen LogP contribution is 2.40. The maximum absolute atomic E-state index is 4.79. The molecule has 5 rings (SSSR count). The molecule has 0 radical (unpaired) electrons. The maximum atomic E-state index is 4.79. The lowest BCUT2D eigenvalue weighted by Gasteiger charge is -2.34. The number of hydrogen-bond donors (Lipinski definition) is 0. The van der Waals surface area contributed by atoms with Crippen LogP contribution in [0.1, 0.15) is 41.8 Å².